The van der Waals surface area contributed by atoms with Crippen LogP contribution in [-0.4, -0.2) is 91.1 Å². The third-order valence-corrected chi connectivity index (χ3v) is 8.98. The third-order valence-electron chi connectivity index (χ3n) is 8.98. The number of aromatic nitrogens is 5. The highest BCUT2D eigenvalue weighted by atomic mass is 19.1. The Balaban J connectivity index is 1.01. The van der Waals surface area contributed by atoms with E-state index < -0.39 is 52.4 Å². The van der Waals surface area contributed by atoms with Gasteiger partial charge < -0.3 is 33.9 Å². The number of hydrogen-bond donors (Lipinski definition) is 2. The normalized spacial score (nSPS) is 23.4. The Kier molecular flexibility index (Phi) is 6.57. The molecule has 4 aromatic rings. The van der Waals surface area contributed by atoms with E-state index in [1.807, 2.05) is 0 Å². The number of ether oxygens (including phenoxy) is 3. The van der Waals surface area contributed by atoms with Crippen molar-refractivity contribution >= 4 is 34.3 Å². The van der Waals surface area contributed by atoms with Crippen LogP contribution in [0.1, 0.15) is 35.7 Å². The Hall–Kier alpha value is -5.32. The number of carboxylic acid groups (broad SMARTS) is 1. The maximum absolute atomic E-state index is 15.7. The van der Waals surface area contributed by atoms with Crippen molar-refractivity contribution in [3.8, 4) is 11.5 Å². The molecule has 2 saturated heterocycles. The zero-order valence-corrected chi connectivity index (χ0v) is 24.6. The summed E-state index contributed by atoms with van der Waals surface area (Å²) in [6, 6.07) is 4.52. The number of pyridine rings is 1. The topological polar surface area (TPSA) is 174 Å². The maximum Gasteiger partial charge on any atom is 0.414 e. The predicted octanol–water partition coefficient (Wildman–Crippen LogP) is 2.11. The molecule has 2 aromatic carbocycles. The Bertz CT molecular complexity index is 2000. The first-order chi connectivity index (χ1) is 22.6. The van der Waals surface area contributed by atoms with Gasteiger partial charge in [-0.05, 0) is 41.5 Å². The Morgan fingerprint density at radius 2 is 1.98 bits per heavy atom. The van der Waals surface area contributed by atoms with Crippen LogP contribution >= 0.6 is 0 Å². The molecule has 1 saturated carbocycles. The second-order valence-corrected chi connectivity index (χ2v) is 12.3. The lowest BCUT2D eigenvalue weighted by Gasteiger charge is -2.34. The Morgan fingerprint density at radius 3 is 2.70 bits per heavy atom. The number of carboxylic acids is 1. The van der Waals surface area contributed by atoms with Gasteiger partial charge in [-0.2, -0.15) is 0 Å². The van der Waals surface area contributed by atoms with Gasteiger partial charge in [0.15, 0.2) is 23.1 Å². The van der Waals surface area contributed by atoms with Crippen LogP contribution in [0.2, 0.25) is 0 Å². The fourth-order valence-corrected chi connectivity index (χ4v) is 6.68. The lowest BCUT2D eigenvalue weighted by molar-refractivity contribution is 0.00980. The molecule has 5 heterocycles. The summed E-state index contributed by atoms with van der Waals surface area (Å²) in [5, 5.41) is 31.8. The van der Waals surface area contributed by atoms with E-state index in [9.17, 15) is 24.6 Å². The highest BCUT2D eigenvalue weighted by molar-refractivity contribution is 5.97. The average Bonchev–Trinajstić information content (AvgIpc) is 3.45. The van der Waals surface area contributed by atoms with Crippen molar-refractivity contribution in [3.63, 3.8) is 0 Å². The SMILES string of the molecule is O=C(O)c1cn(C2CC2)c2c3c(c(F)cc2c1=O)N1C[C@](O)(COc2ccc(N4C[C@H](Cn5cnnn5)OC4=O)cc2F)C[C@H]1CO3. The van der Waals surface area contributed by atoms with E-state index in [4.69, 9.17) is 14.2 Å². The predicted molar refractivity (Wildman–Crippen MR) is 157 cm³/mol. The maximum atomic E-state index is 15.7. The smallest absolute Gasteiger partial charge is 0.414 e. The Morgan fingerprint density at radius 1 is 1.15 bits per heavy atom. The standard InChI is InChI=1S/C30H27F2N7O8/c31-21-5-16(38-9-18(47-29(38)43)8-36-14-33-34-35-36)3-4-23(21)46-13-30(44)7-17-11-45-27-24-19(6-22(32)25(27)39(17)12-30)26(40)20(28(41)42)10-37(24)15-1-2-15/h3-6,10,14-15,17-18,44H,1-2,7-9,11-13H2,(H,41,42)/t17-,18-,30-/m0/s1. The zero-order valence-electron chi connectivity index (χ0n) is 24.6. The fraction of sp³-hybridized carbons (Fsp3) is 0.400. The molecule has 0 bridgehead atoms. The highest BCUT2D eigenvalue weighted by Gasteiger charge is 2.48. The van der Waals surface area contributed by atoms with Crippen LogP contribution in [-0.2, 0) is 11.3 Å². The summed E-state index contributed by atoms with van der Waals surface area (Å²) >= 11 is 0. The summed E-state index contributed by atoms with van der Waals surface area (Å²) in [6.07, 6.45) is 3.16. The molecular formula is C30H27F2N7O8. The van der Waals surface area contributed by atoms with Gasteiger partial charge in [0.2, 0.25) is 5.43 Å². The first kappa shape index (κ1) is 29.1. The van der Waals surface area contributed by atoms with Gasteiger partial charge in [-0.15, -0.1) is 5.10 Å². The first-order valence-electron chi connectivity index (χ1n) is 15.0. The molecule has 3 fully saturated rings. The fourth-order valence-electron chi connectivity index (χ4n) is 6.68. The summed E-state index contributed by atoms with van der Waals surface area (Å²) in [5.74, 6) is -2.98. The lowest BCUT2D eigenvalue weighted by atomic mass is 10.0. The van der Waals surface area contributed by atoms with Crippen LogP contribution in [0.5, 0.6) is 11.5 Å². The van der Waals surface area contributed by atoms with Crippen LogP contribution in [0.4, 0.5) is 25.0 Å². The molecule has 3 atom stereocenters. The second kappa shape index (κ2) is 10.6. The molecule has 15 nitrogen and oxygen atoms in total. The van der Waals surface area contributed by atoms with Gasteiger partial charge in [0.25, 0.3) is 0 Å². The molecule has 3 aliphatic heterocycles. The molecular weight excluding hydrogens is 624 g/mol. The minimum atomic E-state index is -1.52. The van der Waals surface area contributed by atoms with E-state index in [0.717, 1.165) is 25.0 Å². The highest BCUT2D eigenvalue weighted by Crippen LogP contribution is 2.48. The summed E-state index contributed by atoms with van der Waals surface area (Å²) in [4.78, 5) is 40.2. The number of halogens is 2. The molecule has 17 heteroatoms. The van der Waals surface area contributed by atoms with Gasteiger partial charge in [-0.3, -0.25) is 9.69 Å². The van der Waals surface area contributed by atoms with E-state index in [2.05, 4.69) is 15.5 Å². The quantitative estimate of drug-likeness (QED) is 0.284. The molecule has 4 aliphatic rings. The minimum absolute atomic E-state index is 0.0491. The van der Waals surface area contributed by atoms with E-state index in [1.165, 1.54) is 34.2 Å². The number of tetrazole rings is 1. The molecule has 0 radical (unpaired) electrons. The number of nitrogens with zero attached hydrogens (tertiary/aromatic N) is 7. The van der Waals surface area contributed by atoms with Gasteiger partial charge in [-0.25, -0.2) is 23.1 Å². The van der Waals surface area contributed by atoms with Crippen molar-refractivity contribution in [2.45, 2.75) is 49.6 Å². The van der Waals surface area contributed by atoms with E-state index in [-0.39, 0.29) is 73.6 Å². The molecule has 8 rings (SSSR count). The monoisotopic (exact) mass is 651 g/mol. The molecule has 0 spiro atoms. The summed E-state index contributed by atoms with van der Waals surface area (Å²) < 4.78 is 51.1. The number of aromatic carboxylic acids is 1. The van der Waals surface area contributed by atoms with Crippen LogP contribution in [0.25, 0.3) is 10.9 Å². The minimum Gasteiger partial charge on any atom is -0.487 e. The van der Waals surface area contributed by atoms with E-state index in [0.29, 0.717) is 5.52 Å². The third kappa shape index (κ3) is 4.97. The zero-order chi connectivity index (χ0) is 32.6. The molecule has 2 N–H and O–H groups in total. The molecule has 2 aromatic heterocycles. The number of hydrogen-bond acceptors (Lipinski definition) is 11. The molecule has 1 aliphatic carbocycles. The summed E-state index contributed by atoms with van der Waals surface area (Å²) in [7, 11) is 0. The van der Waals surface area contributed by atoms with Crippen molar-refractivity contribution in [1.29, 1.82) is 0 Å². The van der Waals surface area contributed by atoms with Gasteiger partial charge >= 0.3 is 12.1 Å². The van der Waals surface area contributed by atoms with Crippen molar-refractivity contribution in [1.82, 2.24) is 24.8 Å². The van der Waals surface area contributed by atoms with Gasteiger partial charge in [0, 0.05) is 24.7 Å². The molecule has 47 heavy (non-hydrogen) atoms. The number of carbonyl (C=O) groups excluding carboxylic acids is 1. The van der Waals surface area contributed by atoms with Crippen LogP contribution in [0.15, 0.2) is 41.6 Å². The van der Waals surface area contributed by atoms with Gasteiger partial charge in [0.1, 0.15) is 42.5 Å². The van der Waals surface area contributed by atoms with E-state index >= 15 is 8.78 Å². The number of fused-ring (bicyclic) bond motifs is 5. The van der Waals surface area contributed by atoms with Crippen molar-refractivity contribution < 1.29 is 42.8 Å². The summed E-state index contributed by atoms with van der Waals surface area (Å²) in [5.41, 5.74) is -2.14. The number of rotatable bonds is 8. The van der Waals surface area contributed by atoms with Crippen molar-refractivity contribution in [2.24, 2.45) is 0 Å². The van der Waals surface area contributed by atoms with Crippen molar-refractivity contribution in [3.05, 3.63) is 64.2 Å². The molecule has 0 unspecified atom stereocenters. The van der Waals surface area contributed by atoms with Crippen molar-refractivity contribution in [2.75, 3.05) is 36.1 Å². The number of aliphatic hydroxyl groups is 1. The van der Waals surface area contributed by atoms with Gasteiger partial charge in [-0.1, -0.05) is 0 Å². The van der Waals surface area contributed by atoms with Gasteiger partial charge in [0.05, 0.1) is 42.3 Å². The summed E-state index contributed by atoms with van der Waals surface area (Å²) in [6.45, 7) is 0.0602. The Labute approximate surface area is 263 Å². The largest absolute Gasteiger partial charge is 0.487 e. The second-order valence-electron chi connectivity index (χ2n) is 12.3. The number of benzene rings is 2. The molecule has 1 amide bonds. The van der Waals surface area contributed by atoms with Crippen LogP contribution < -0.4 is 24.7 Å². The number of carbonyl (C=O) groups is 2. The van der Waals surface area contributed by atoms with E-state index in [1.54, 1.807) is 9.47 Å². The first-order valence-corrected chi connectivity index (χ1v) is 15.0. The number of amides is 1. The average molecular weight is 652 g/mol. The lowest BCUT2D eigenvalue weighted by Crippen LogP contribution is -2.41. The molecule has 244 valence electrons. The van der Waals surface area contributed by atoms with Crippen LogP contribution in [0, 0.1) is 11.6 Å². The number of cyclic esters (lactones) is 1. The van der Waals surface area contributed by atoms with Crippen LogP contribution in [0.3, 0.4) is 0 Å². The number of anilines is 2.